The summed E-state index contributed by atoms with van der Waals surface area (Å²) in [6, 6.07) is 20.6. The molecule has 0 heterocycles. The van der Waals surface area contributed by atoms with Gasteiger partial charge in [0.15, 0.2) is 0 Å². The van der Waals surface area contributed by atoms with Crippen LogP contribution in [0.1, 0.15) is 27.7 Å². The maximum Gasteiger partial charge on any atom is 0.265 e. The first kappa shape index (κ1) is 22.4. The summed E-state index contributed by atoms with van der Waals surface area (Å²) in [5, 5.41) is 2.22. The molecule has 0 aliphatic rings. The van der Waals surface area contributed by atoms with Crippen molar-refractivity contribution in [3.63, 3.8) is 0 Å². The third-order valence-electron chi connectivity index (χ3n) is 4.40. The van der Waals surface area contributed by atoms with Gasteiger partial charge in [-0.25, -0.2) is 0 Å². The molecule has 1 unspecified atom stereocenters. The highest BCUT2D eigenvalue weighted by molar-refractivity contribution is 7.86. The Kier molecular flexibility index (Phi) is 7.24. The summed E-state index contributed by atoms with van der Waals surface area (Å²) in [6.45, 7) is 8.40. The molecule has 150 valence electrons. The standard InChI is InChI=1S/C22H28O4SSi/c1-19(26-27(5,23)24)13-12-18-25-28(22(2,3)4,20-14-8-6-9-15-20)21-16-10-7-11-17-21/h6-11,14-17,19H,18H2,1-5H3. The van der Waals surface area contributed by atoms with Gasteiger partial charge in [0.25, 0.3) is 18.4 Å². The van der Waals surface area contributed by atoms with Gasteiger partial charge in [-0.2, -0.15) is 8.42 Å². The highest BCUT2D eigenvalue weighted by Gasteiger charge is 2.49. The van der Waals surface area contributed by atoms with Crippen molar-refractivity contribution in [2.75, 3.05) is 12.9 Å². The van der Waals surface area contributed by atoms with E-state index in [4.69, 9.17) is 8.61 Å². The normalized spacial score (nSPS) is 13.5. The second-order valence-corrected chi connectivity index (χ2v) is 13.6. The molecule has 0 bridgehead atoms. The summed E-state index contributed by atoms with van der Waals surface area (Å²) >= 11 is 0. The largest absolute Gasteiger partial charge is 0.396 e. The molecule has 1 atom stereocenters. The van der Waals surface area contributed by atoms with Gasteiger partial charge in [-0.15, -0.1) is 0 Å². The fourth-order valence-corrected chi connectivity index (χ4v) is 8.39. The first-order chi connectivity index (χ1) is 13.1. The third kappa shape index (κ3) is 5.55. The lowest BCUT2D eigenvalue weighted by atomic mass is 10.2. The molecular weight excluding hydrogens is 388 g/mol. The molecule has 4 nitrogen and oxygen atoms in total. The van der Waals surface area contributed by atoms with Gasteiger partial charge in [-0.1, -0.05) is 93.3 Å². The van der Waals surface area contributed by atoms with Gasteiger partial charge in [0.1, 0.15) is 6.10 Å². The lowest BCUT2D eigenvalue weighted by Gasteiger charge is -2.42. The molecule has 0 radical (unpaired) electrons. The lowest BCUT2D eigenvalue weighted by molar-refractivity contribution is 0.285. The molecule has 2 rings (SSSR count). The molecule has 0 aliphatic carbocycles. The van der Waals surface area contributed by atoms with Crippen LogP contribution in [-0.4, -0.2) is 35.7 Å². The zero-order valence-corrected chi connectivity index (χ0v) is 18.9. The maximum atomic E-state index is 11.2. The Morgan fingerprint density at radius 1 is 0.964 bits per heavy atom. The van der Waals surface area contributed by atoms with E-state index in [0.29, 0.717) is 0 Å². The molecule has 2 aromatic carbocycles. The molecule has 0 spiro atoms. The van der Waals surface area contributed by atoms with Crippen LogP contribution in [-0.2, 0) is 18.7 Å². The zero-order valence-electron chi connectivity index (χ0n) is 17.1. The first-order valence-electron chi connectivity index (χ1n) is 9.18. The van der Waals surface area contributed by atoms with Crippen molar-refractivity contribution in [2.24, 2.45) is 0 Å². The summed E-state index contributed by atoms with van der Waals surface area (Å²) in [5.41, 5.74) is 0. The van der Waals surface area contributed by atoms with E-state index in [2.05, 4.69) is 56.9 Å². The van der Waals surface area contributed by atoms with Gasteiger partial charge in [0.05, 0.1) is 12.9 Å². The van der Waals surface area contributed by atoms with E-state index in [9.17, 15) is 8.42 Å². The molecule has 0 aliphatic heterocycles. The Bertz CT molecular complexity index is 884. The summed E-state index contributed by atoms with van der Waals surface area (Å²) in [6.07, 6.45) is 0.307. The van der Waals surface area contributed by atoms with Gasteiger partial charge < -0.3 is 4.43 Å². The second kappa shape index (κ2) is 9.06. The quantitative estimate of drug-likeness (QED) is 0.413. The van der Waals surface area contributed by atoms with Crippen LogP contribution in [0, 0.1) is 11.8 Å². The Balaban J connectivity index is 2.40. The summed E-state index contributed by atoms with van der Waals surface area (Å²) in [5.74, 6) is 5.76. The highest BCUT2D eigenvalue weighted by Crippen LogP contribution is 2.36. The van der Waals surface area contributed by atoms with Crippen LogP contribution in [0.4, 0.5) is 0 Å². The molecular formula is C22H28O4SSi. The average Bonchev–Trinajstić information content (AvgIpc) is 2.61. The van der Waals surface area contributed by atoms with Crippen LogP contribution in [0.2, 0.25) is 5.04 Å². The topological polar surface area (TPSA) is 52.6 Å². The summed E-state index contributed by atoms with van der Waals surface area (Å²) in [4.78, 5) is 0. The molecule has 2 aromatic rings. The SMILES string of the molecule is CC(C#CCO[Si](c1ccccc1)(c1ccccc1)C(C)(C)C)OS(C)(=O)=O. The van der Waals surface area contributed by atoms with E-state index in [1.165, 1.54) is 10.4 Å². The van der Waals surface area contributed by atoms with Gasteiger partial charge in [-0.05, 0) is 22.3 Å². The minimum atomic E-state index is -3.53. The van der Waals surface area contributed by atoms with E-state index < -0.39 is 24.5 Å². The zero-order chi connectivity index (χ0) is 20.8. The van der Waals surface area contributed by atoms with E-state index in [-0.39, 0.29) is 11.6 Å². The Morgan fingerprint density at radius 2 is 1.43 bits per heavy atom. The number of rotatable bonds is 6. The molecule has 0 N–H and O–H groups in total. The number of benzene rings is 2. The van der Waals surface area contributed by atoms with Crippen LogP contribution in [0.25, 0.3) is 0 Å². The fourth-order valence-electron chi connectivity index (χ4n) is 3.38. The molecule has 0 saturated heterocycles. The van der Waals surface area contributed by atoms with Crippen molar-refractivity contribution in [2.45, 2.75) is 38.8 Å². The van der Waals surface area contributed by atoms with E-state index >= 15 is 0 Å². The van der Waals surface area contributed by atoms with Crippen molar-refractivity contribution >= 4 is 28.8 Å². The molecule has 28 heavy (non-hydrogen) atoms. The molecule has 6 heteroatoms. The maximum absolute atomic E-state index is 11.2. The van der Waals surface area contributed by atoms with Crippen LogP contribution >= 0.6 is 0 Å². The van der Waals surface area contributed by atoms with Crippen LogP contribution < -0.4 is 10.4 Å². The van der Waals surface area contributed by atoms with Crippen molar-refractivity contribution in [3.8, 4) is 11.8 Å². The smallest absolute Gasteiger partial charge is 0.265 e. The fraction of sp³-hybridized carbons (Fsp3) is 0.364. The molecule has 0 aromatic heterocycles. The third-order valence-corrected chi connectivity index (χ3v) is 10.0. The van der Waals surface area contributed by atoms with E-state index in [1.807, 2.05) is 36.4 Å². The minimum Gasteiger partial charge on any atom is -0.396 e. The Morgan fingerprint density at radius 3 is 1.82 bits per heavy atom. The minimum absolute atomic E-state index is 0.133. The van der Waals surface area contributed by atoms with Crippen LogP contribution in [0.5, 0.6) is 0 Å². The van der Waals surface area contributed by atoms with E-state index in [0.717, 1.165) is 6.26 Å². The Hall–Kier alpha value is -1.91. The van der Waals surface area contributed by atoms with Gasteiger partial charge >= 0.3 is 0 Å². The second-order valence-electron chi connectivity index (χ2n) is 7.72. The molecule has 0 amide bonds. The van der Waals surface area contributed by atoms with Crippen molar-refractivity contribution in [3.05, 3.63) is 60.7 Å². The van der Waals surface area contributed by atoms with Crippen molar-refractivity contribution in [1.82, 2.24) is 0 Å². The van der Waals surface area contributed by atoms with E-state index in [1.54, 1.807) is 6.92 Å². The predicted molar refractivity (Wildman–Crippen MR) is 117 cm³/mol. The number of hydrogen-bond donors (Lipinski definition) is 0. The highest BCUT2D eigenvalue weighted by atomic mass is 32.2. The van der Waals surface area contributed by atoms with Crippen LogP contribution in [0.3, 0.4) is 0 Å². The molecule has 0 saturated carbocycles. The average molecular weight is 417 g/mol. The number of hydrogen-bond acceptors (Lipinski definition) is 4. The summed E-state index contributed by atoms with van der Waals surface area (Å²) in [7, 11) is -6.16. The van der Waals surface area contributed by atoms with Gasteiger partial charge in [-0.3, -0.25) is 4.18 Å². The molecule has 0 fully saturated rings. The monoisotopic (exact) mass is 416 g/mol. The van der Waals surface area contributed by atoms with Crippen LogP contribution in [0.15, 0.2) is 60.7 Å². The Labute approximate surface area is 170 Å². The van der Waals surface area contributed by atoms with Gasteiger partial charge in [0.2, 0.25) is 0 Å². The first-order valence-corrected chi connectivity index (χ1v) is 12.9. The lowest BCUT2D eigenvalue weighted by Crippen LogP contribution is -2.66. The van der Waals surface area contributed by atoms with Crippen molar-refractivity contribution in [1.29, 1.82) is 0 Å². The summed E-state index contributed by atoms with van der Waals surface area (Å²) < 4.78 is 33.9. The predicted octanol–water partition coefficient (Wildman–Crippen LogP) is 2.93. The van der Waals surface area contributed by atoms with Crippen molar-refractivity contribution < 1.29 is 17.0 Å². The van der Waals surface area contributed by atoms with Gasteiger partial charge in [0, 0.05) is 0 Å².